The van der Waals surface area contributed by atoms with Gasteiger partial charge in [0.15, 0.2) is 18.2 Å². The Labute approximate surface area is 242 Å². The summed E-state index contributed by atoms with van der Waals surface area (Å²) in [6.45, 7) is 1.89. The van der Waals surface area contributed by atoms with Gasteiger partial charge in [0.25, 0.3) is 5.91 Å². The van der Waals surface area contributed by atoms with Crippen LogP contribution in [0.25, 0.3) is 11.0 Å². The van der Waals surface area contributed by atoms with Gasteiger partial charge in [-0.05, 0) is 66.9 Å². The van der Waals surface area contributed by atoms with E-state index in [0.717, 1.165) is 27.2 Å². The largest absolute Gasteiger partial charge is 0.497 e. The number of nitrogens with one attached hydrogen (secondary N) is 3. The Bertz CT molecular complexity index is 1660. The Kier molecular flexibility index (Phi) is 8.70. The topological polar surface area (TPSA) is 107 Å². The third-order valence-electron chi connectivity index (χ3n) is 5.93. The third kappa shape index (κ3) is 7.37. The minimum atomic E-state index is -0.248. The van der Waals surface area contributed by atoms with E-state index >= 15 is 0 Å². The summed E-state index contributed by atoms with van der Waals surface area (Å²) in [5.74, 6) is 2.77. The number of benzene rings is 4. The quantitative estimate of drug-likeness (QED) is 0.148. The molecule has 5 aromatic rings. The molecule has 0 radical (unpaired) electrons. The van der Waals surface area contributed by atoms with Gasteiger partial charge in [-0.15, -0.1) is 0 Å². The maximum absolute atomic E-state index is 12.5. The Morgan fingerprint density at radius 2 is 1.46 bits per heavy atom. The number of carbonyl (C=O) groups is 1. The Morgan fingerprint density at radius 1 is 0.756 bits per heavy atom. The average Bonchev–Trinajstić information content (AvgIpc) is 2.99. The van der Waals surface area contributed by atoms with Gasteiger partial charge in [0, 0.05) is 34.5 Å². The van der Waals surface area contributed by atoms with Crippen molar-refractivity contribution in [1.82, 2.24) is 9.97 Å². The molecule has 1 aromatic heterocycles. The number of hydrogen-bond acceptors (Lipinski definition) is 9. The summed E-state index contributed by atoms with van der Waals surface area (Å²) in [4.78, 5) is 23.0. The standard InChI is InChI=1S/C31H29N5O4S/c1-20-8-6-10-23(14-20)40-19-29(37)32-21-9-7-11-26(17-21)41-36-31-30(34-27-12-4-5-13-28(27)35-31)33-22-15-24(38-2)18-25(16-22)39-3/h4-18H,19H2,1-3H3,(H,32,37)(H,33,34)(H,35,36). The van der Waals surface area contributed by atoms with Gasteiger partial charge in [0.2, 0.25) is 0 Å². The number of nitrogens with zero attached hydrogens (tertiary/aromatic N) is 2. The van der Waals surface area contributed by atoms with E-state index in [-0.39, 0.29) is 12.5 Å². The second-order valence-electron chi connectivity index (χ2n) is 9.02. The molecule has 41 heavy (non-hydrogen) atoms. The average molecular weight is 568 g/mol. The van der Waals surface area contributed by atoms with Crippen LogP contribution in [0.5, 0.6) is 17.2 Å². The minimum absolute atomic E-state index is 0.0875. The van der Waals surface area contributed by atoms with Gasteiger partial charge in [-0.25, -0.2) is 9.97 Å². The third-order valence-corrected chi connectivity index (χ3v) is 6.71. The van der Waals surface area contributed by atoms with E-state index in [9.17, 15) is 4.79 Å². The zero-order chi connectivity index (χ0) is 28.6. The molecule has 9 nitrogen and oxygen atoms in total. The maximum Gasteiger partial charge on any atom is 0.262 e. The van der Waals surface area contributed by atoms with Gasteiger partial charge in [0.05, 0.1) is 25.3 Å². The number of para-hydroxylation sites is 2. The molecule has 0 aliphatic carbocycles. The summed E-state index contributed by atoms with van der Waals surface area (Å²) in [7, 11) is 3.21. The van der Waals surface area contributed by atoms with Crippen molar-refractivity contribution >= 4 is 51.9 Å². The number of anilines is 4. The highest BCUT2D eigenvalue weighted by Crippen LogP contribution is 2.32. The van der Waals surface area contributed by atoms with Crippen LogP contribution in [0, 0.1) is 6.92 Å². The number of hydrogen-bond donors (Lipinski definition) is 3. The normalized spacial score (nSPS) is 10.6. The van der Waals surface area contributed by atoms with Crippen molar-refractivity contribution < 1.29 is 19.0 Å². The molecule has 208 valence electrons. The van der Waals surface area contributed by atoms with Crippen molar-refractivity contribution in [3.05, 3.63) is 96.6 Å². The first kappa shape index (κ1) is 27.6. The van der Waals surface area contributed by atoms with E-state index in [1.54, 1.807) is 20.3 Å². The van der Waals surface area contributed by atoms with Crippen LogP contribution in [0.15, 0.2) is 95.9 Å². The number of fused-ring (bicyclic) bond motifs is 1. The van der Waals surface area contributed by atoms with Crippen LogP contribution < -0.4 is 29.6 Å². The fraction of sp³-hybridized carbons (Fsp3) is 0.129. The van der Waals surface area contributed by atoms with Gasteiger partial charge in [-0.1, -0.05) is 30.3 Å². The number of carbonyl (C=O) groups excluding carboxylic acids is 1. The first-order valence-corrected chi connectivity index (χ1v) is 13.6. The highest BCUT2D eigenvalue weighted by atomic mass is 32.2. The predicted molar refractivity (Wildman–Crippen MR) is 164 cm³/mol. The second kappa shape index (κ2) is 12.9. The van der Waals surface area contributed by atoms with E-state index in [2.05, 4.69) is 15.4 Å². The smallest absolute Gasteiger partial charge is 0.262 e. The van der Waals surface area contributed by atoms with Crippen molar-refractivity contribution in [2.24, 2.45) is 0 Å². The summed E-state index contributed by atoms with van der Waals surface area (Å²) >= 11 is 1.35. The molecule has 1 heterocycles. The molecular weight excluding hydrogens is 538 g/mol. The summed E-state index contributed by atoms with van der Waals surface area (Å²) in [5, 5.41) is 6.22. The number of amides is 1. The van der Waals surface area contributed by atoms with Crippen LogP contribution in [0.2, 0.25) is 0 Å². The Morgan fingerprint density at radius 3 is 2.17 bits per heavy atom. The van der Waals surface area contributed by atoms with Crippen LogP contribution in [0.4, 0.5) is 23.0 Å². The number of aryl methyl sites for hydroxylation is 1. The van der Waals surface area contributed by atoms with Gasteiger partial charge in [0.1, 0.15) is 17.2 Å². The molecule has 0 unspecified atom stereocenters. The zero-order valence-corrected chi connectivity index (χ0v) is 23.6. The molecule has 5 rings (SSSR count). The van der Waals surface area contributed by atoms with Crippen LogP contribution >= 0.6 is 11.9 Å². The second-order valence-corrected chi connectivity index (χ2v) is 9.90. The minimum Gasteiger partial charge on any atom is -0.497 e. The first-order valence-electron chi connectivity index (χ1n) is 12.8. The summed E-state index contributed by atoms with van der Waals surface area (Å²) in [6, 6.07) is 28.2. The summed E-state index contributed by atoms with van der Waals surface area (Å²) < 4.78 is 19.7. The molecule has 10 heteroatoms. The van der Waals surface area contributed by atoms with E-state index in [1.807, 2.05) is 91.9 Å². The number of methoxy groups -OCH3 is 2. The Hall–Kier alpha value is -4.96. The lowest BCUT2D eigenvalue weighted by molar-refractivity contribution is -0.118. The van der Waals surface area contributed by atoms with E-state index < -0.39 is 0 Å². The molecule has 0 atom stereocenters. The van der Waals surface area contributed by atoms with Crippen molar-refractivity contribution in [2.45, 2.75) is 11.8 Å². The lowest BCUT2D eigenvalue weighted by Gasteiger charge is -2.15. The summed E-state index contributed by atoms with van der Waals surface area (Å²) in [6.07, 6.45) is 0. The number of ether oxygens (including phenoxy) is 3. The maximum atomic E-state index is 12.5. The van der Waals surface area contributed by atoms with Crippen LogP contribution in [-0.2, 0) is 4.79 Å². The monoisotopic (exact) mass is 567 g/mol. The van der Waals surface area contributed by atoms with Crippen LogP contribution in [0.3, 0.4) is 0 Å². The lowest BCUT2D eigenvalue weighted by Crippen LogP contribution is -2.20. The van der Waals surface area contributed by atoms with Crippen molar-refractivity contribution in [3.63, 3.8) is 0 Å². The van der Waals surface area contributed by atoms with Crippen molar-refractivity contribution in [1.29, 1.82) is 0 Å². The fourth-order valence-electron chi connectivity index (χ4n) is 3.97. The van der Waals surface area contributed by atoms with Gasteiger partial charge in [-0.3, -0.25) is 4.79 Å². The first-order chi connectivity index (χ1) is 20.0. The molecule has 0 fully saturated rings. The molecule has 0 saturated carbocycles. The van der Waals surface area contributed by atoms with Crippen molar-refractivity contribution in [2.75, 3.05) is 36.2 Å². The van der Waals surface area contributed by atoms with E-state index in [0.29, 0.717) is 34.6 Å². The van der Waals surface area contributed by atoms with Crippen LogP contribution in [-0.4, -0.2) is 36.7 Å². The molecular formula is C31H29N5O4S. The zero-order valence-electron chi connectivity index (χ0n) is 22.8. The molecule has 3 N–H and O–H groups in total. The SMILES string of the molecule is COc1cc(Nc2nc3ccccc3nc2NSc2cccc(NC(=O)COc3cccc(C)c3)c2)cc(OC)c1. The Balaban J connectivity index is 1.30. The van der Waals surface area contributed by atoms with Gasteiger partial charge >= 0.3 is 0 Å². The van der Waals surface area contributed by atoms with Gasteiger partial charge in [-0.2, -0.15) is 0 Å². The molecule has 1 amide bonds. The highest BCUT2D eigenvalue weighted by Gasteiger charge is 2.12. The highest BCUT2D eigenvalue weighted by molar-refractivity contribution is 8.00. The predicted octanol–water partition coefficient (Wildman–Crippen LogP) is 6.84. The summed E-state index contributed by atoms with van der Waals surface area (Å²) in [5.41, 5.74) is 3.95. The molecule has 0 bridgehead atoms. The molecule has 0 aliphatic heterocycles. The van der Waals surface area contributed by atoms with E-state index in [4.69, 9.17) is 24.2 Å². The van der Waals surface area contributed by atoms with Gasteiger partial charge < -0.3 is 29.6 Å². The number of aromatic nitrogens is 2. The fourth-order valence-corrected chi connectivity index (χ4v) is 4.66. The molecule has 4 aromatic carbocycles. The molecule has 0 saturated heterocycles. The van der Waals surface area contributed by atoms with Crippen LogP contribution in [0.1, 0.15) is 5.56 Å². The number of rotatable bonds is 11. The van der Waals surface area contributed by atoms with E-state index in [1.165, 1.54) is 11.9 Å². The molecule has 0 aliphatic rings. The molecule has 0 spiro atoms. The lowest BCUT2D eigenvalue weighted by atomic mass is 10.2. The van der Waals surface area contributed by atoms with Crippen molar-refractivity contribution in [3.8, 4) is 17.2 Å².